The first kappa shape index (κ1) is 12.2. The number of amides is 1. The van der Waals surface area contributed by atoms with E-state index in [4.69, 9.17) is 21.0 Å². The van der Waals surface area contributed by atoms with Gasteiger partial charge in [-0.1, -0.05) is 17.7 Å². The lowest BCUT2D eigenvalue weighted by Gasteiger charge is -2.10. The second-order valence-corrected chi connectivity index (χ2v) is 3.89. The molecule has 0 aromatic heterocycles. The molecular weight excluding hydrogens is 244 g/mol. The van der Waals surface area contributed by atoms with Crippen LogP contribution in [-0.4, -0.2) is 24.8 Å². The summed E-state index contributed by atoms with van der Waals surface area (Å²) in [6.07, 6.45) is -0.581. The maximum atomic E-state index is 11.3. The highest BCUT2D eigenvalue weighted by molar-refractivity contribution is 6.66. The molecule has 0 radical (unpaired) electrons. The topological polar surface area (TPSA) is 67.8 Å². The van der Waals surface area contributed by atoms with E-state index < -0.39 is 13.2 Å². The molecule has 1 aliphatic rings. The van der Waals surface area contributed by atoms with E-state index in [1.807, 2.05) is 0 Å². The molecule has 1 aromatic carbocycles. The van der Waals surface area contributed by atoms with Gasteiger partial charge < -0.3 is 14.4 Å². The van der Waals surface area contributed by atoms with Gasteiger partial charge >= 0.3 is 13.2 Å². The van der Waals surface area contributed by atoms with Crippen LogP contribution in [0, 0.1) is 0 Å². The van der Waals surface area contributed by atoms with Crippen LogP contribution in [0.25, 0.3) is 0 Å². The molecular formula is C10H11BClNO4. The number of nitrogens with one attached hydrogen (secondary N) is 1. The Hall–Kier alpha value is -1.24. The van der Waals surface area contributed by atoms with Gasteiger partial charge in [-0.3, -0.25) is 5.32 Å². The lowest BCUT2D eigenvalue weighted by molar-refractivity contribution is 0.168. The van der Waals surface area contributed by atoms with Crippen molar-refractivity contribution in [1.29, 1.82) is 0 Å². The molecule has 7 heteroatoms. The molecule has 1 amide bonds. The minimum Gasteiger partial charge on any atom is -0.450 e. The van der Waals surface area contributed by atoms with Crippen LogP contribution in [-0.2, 0) is 16.0 Å². The van der Waals surface area contributed by atoms with E-state index in [0.717, 1.165) is 5.56 Å². The molecule has 0 saturated carbocycles. The normalized spacial score (nSPS) is 13.5. The Morgan fingerprint density at radius 1 is 1.71 bits per heavy atom. The predicted octanol–water partition coefficient (Wildman–Crippen LogP) is 1.13. The first-order valence-electron chi connectivity index (χ1n) is 5.18. The van der Waals surface area contributed by atoms with E-state index in [-0.39, 0.29) is 11.6 Å². The third-order valence-corrected chi connectivity index (χ3v) is 2.83. The molecule has 1 heterocycles. The van der Waals surface area contributed by atoms with Crippen molar-refractivity contribution in [2.45, 2.75) is 13.5 Å². The summed E-state index contributed by atoms with van der Waals surface area (Å²) in [5, 5.41) is 12.4. The number of anilines is 1. The summed E-state index contributed by atoms with van der Waals surface area (Å²) >= 11 is 6.08. The number of hydrogen-bond donors (Lipinski definition) is 2. The number of fused-ring (bicyclic) bond motifs is 1. The van der Waals surface area contributed by atoms with Crippen molar-refractivity contribution in [2.75, 3.05) is 11.9 Å². The van der Waals surface area contributed by atoms with Gasteiger partial charge in [-0.15, -0.1) is 0 Å². The third kappa shape index (κ3) is 2.38. The van der Waals surface area contributed by atoms with Crippen LogP contribution >= 0.6 is 11.6 Å². The van der Waals surface area contributed by atoms with Crippen LogP contribution in [0.2, 0.25) is 5.02 Å². The Morgan fingerprint density at radius 3 is 3.18 bits per heavy atom. The number of hydrogen-bond acceptors (Lipinski definition) is 4. The average molecular weight is 255 g/mol. The highest BCUT2D eigenvalue weighted by Gasteiger charge is 2.31. The highest BCUT2D eigenvalue weighted by Crippen LogP contribution is 2.25. The van der Waals surface area contributed by atoms with E-state index in [1.165, 1.54) is 0 Å². The Kier molecular flexibility index (Phi) is 3.56. The molecule has 0 spiro atoms. The molecule has 90 valence electrons. The molecule has 5 nitrogen and oxygen atoms in total. The lowest BCUT2D eigenvalue weighted by atomic mass is 9.79. The Bertz CT molecular complexity index is 454. The van der Waals surface area contributed by atoms with E-state index >= 15 is 0 Å². The zero-order valence-electron chi connectivity index (χ0n) is 9.20. The second-order valence-electron chi connectivity index (χ2n) is 3.51. The summed E-state index contributed by atoms with van der Waals surface area (Å²) in [6, 6.07) is 3.40. The van der Waals surface area contributed by atoms with E-state index in [0.29, 0.717) is 17.8 Å². The molecule has 0 atom stereocenters. The Morgan fingerprint density at radius 2 is 2.47 bits per heavy atom. The number of rotatable bonds is 2. The number of halogens is 1. The van der Waals surface area contributed by atoms with E-state index in [2.05, 4.69) is 5.32 Å². The lowest BCUT2D eigenvalue weighted by Crippen LogP contribution is -2.30. The van der Waals surface area contributed by atoms with Gasteiger partial charge in [-0.05, 0) is 18.6 Å². The van der Waals surface area contributed by atoms with Gasteiger partial charge in [0.05, 0.1) is 23.9 Å². The summed E-state index contributed by atoms with van der Waals surface area (Å²) in [6.45, 7) is 2.30. The highest BCUT2D eigenvalue weighted by atomic mass is 35.5. The first-order valence-corrected chi connectivity index (χ1v) is 5.56. The molecule has 0 bridgehead atoms. The summed E-state index contributed by atoms with van der Waals surface area (Å²) in [4.78, 5) is 11.3. The predicted molar refractivity (Wildman–Crippen MR) is 64.5 cm³/mol. The molecule has 0 fully saturated rings. The van der Waals surface area contributed by atoms with Crippen molar-refractivity contribution < 1.29 is 19.2 Å². The molecule has 1 aliphatic heterocycles. The maximum Gasteiger partial charge on any atom is 0.493 e. The van der Waals surface area contributed by atoms with Gasteiger partial charge in [-0.2, -0.15) is 0 Å². The smallest absolute Gasteiger partial charge is 0.450 e. The second kappa shape index (κ2) is 4.95. The monoisotopic (exact) mass is 255 g/mol. The Labute approximate surface area is 104 Å². The minimum atomic E-state index is -1.04. The summed E-state index contributed by atoms with van der Waals surface area (Å²) < 4.78 is 9.78. The van der Waals surface area contributed by atoms with Gasteiger partial charge in [0.2, 0.25) is 0 Å². The van der Waals surface area contributed by atoms with Crippen LogP contribution in [0.3, 0.4) is 0 Å². The summed E-state index contributed by atoms with van der Waals surface area (Å²) in [5.74, 6) is 0. The zero-order chi connectivity index (χ0) is 12.4. The van der Waals surface area contributed by atoms with Crippen molar-refractivity contribution in [3.05, 3.63) is 22.7 Å². The van der Waals surface area contributed by atoms with E-state index in [1.54, 1.807) is 19.1 Å². The van der Waals surface area contributed by atoms with Gasteiger partial charge in [-0.25, -0.2) is 4.79 Å². The van der Waals surface area contributed by atoms with Crippen molar-refractivity contribution in [3.63, 3.8) is 0 Å². The molecule has 2 rings (SSSR count). The van der Waals surface area contributed by atoms with Crippen LogP contribution in [0.1, 0.15) is 12.5 Å². The van der Waals surface area contributed by atoms with E-state index in [9.17, 15) is 9.82 Å². The summed E-state index contributed by atoms with van der Waals surface area (Å²) in [7, 11) is -1.04. The van der Waals surface area contributed by atoms with Crippen LogP contribution in [0.15, 0.2) is 12.1 Å². The molecule has 2 N–H and O–H groups in total. The van der Waals surface area contributed by atoms with Gasteiger partial charge in [0.1, 0.15) is 0 Å². The third-order valence-electron chi connectivity index (χ3n) is 2.43. The Balaban J connectivity index is 2.25. The quantitative estimate of drug-likeness (QED) is 0.777. The molecule has 0 saturated heterocycles. The van der Waals surface area contributed by atoms with Crippen molar-refractivity contribution in [3.8, 4) is 0 Å². The standard InChI is InChI=1S/C10H11BClNO4/c1-2-16-10(14)13-7-4-3-6-5-17-11(15)8(6)9(7)12/h3-4,15H,2,5H2,1H3,(H,13,14). The van der Waals surface area contributed by atoms with Crippen molar-refractivity contribution in [1.82, 2.24) is 0 Å². The van der Waals surface area contributed by atoms with Gasteiger partial charge in [0.15, 0.2) is 0 Å². The maximum absolute atomic E-state index is 11.3. The largest absolute Gasteiger partial charge is 0.493 e. The van der Waals surface area contributed by atoms with Gasteiger partial charge in [0.25, 0.3) is 0 Å². The fourth-order valence-corrected chi connectivity index (χ4v) is 1.98. The fraction of sp³-hybridized carbons (Fsp3) is 0.300. The fourth-order valence-electron chi connectivity index (χ4n) is 1.65. The summed E-state index contributed by atoms with van der Waals surface area (Å²) in [5.41, 5.74) is 1.71. The number of benzene rings is 1. The van der Waals surface area contributed by atoms with Crippen molar-refractivity contribution >= 4 is 36.0 Å². The van der Waals surface area contributed by atoms with Crippen LogP contribution in [0.4, 0.5) is 10.5 Å². The van der Waals surface area contributed by atoms with Crippen LogP contribution in [0.5, 0.6) is 0 Å². The van der Waals surface area contributed by atoms with Gasteiger partial charge in [0, 0.05) is 5.46 Å². The molecule has 0 unspecified atom stereocenters. The number of ether oxygens (including phenoxy) is 1. The molecule has 1 aromatic rings. The SMILES string of the molecule is CCOC(=O)Nc1ccc2c(c1Cl)B(O)OC2. The average Bonchev–Trinajstić information content (AvgIpc) is 2.65. The number of carbonyl (C=O) groups is 1. The molecule has 0 aliphatic carbocycles. The minimum absolute atomic E-state index is 0.278. The van der Waals surface area contributed by atoms with Crippen molar-refractivity contribution in [2.24, 2.45) is 0 Å². The zero-order valence-corrected chi connectivity index (χ0v) is 9.95. The number of carbonyl (C=O) groups excluding carboxylic acids is 1. The van der Waals surface area contributed by atoms with Crippen LogP contribution < -0.4 is 10.8 Å². The first-order chi connectivity index (χ1) is 8.13. The molecule has 17 heavy (non-hydrogen) atoms.